The van der Waals surface area contributed by atoms with Crippen LogP contribution in [0, 0.1) is 0 Å². The maximum absolute atomic E-state index is 11.2. The lowest BCUT2D eigenvalue weighted by molar-refractivity contribution is 0.111. The van der Waals surface area contributed by atoms with Crippen LogP contribution in [-0.2, 0) is 6.54 Å². The lowest BCUT2D eigenvalue weighted by Gasteiger charge is -2.15. The van der Waals surface area contributed by atoms with Crippen LogP contribution < -0.4 is 4.90 Å². The number of carbonyl (C=O) groups is 1. The van der Waals surface area contributed by atoms with Crippen LogP contribution in [-0.4, -0.2) is 27.7 Å². The second-order valence-electron chi connectivity index (χ2n) is 3.83. The third-order valence-corrected chi connectivity index (χ3v) is 4.03. The minimum atomic E-state index is 0.587. The number of imidazole rings is 1. The van der Waals surface area contributed by atoms with Gasteiger partial charge in [-0.2, -0.15) is 0 Å². The van der Waals surface area contributed by atoms with Gasteiger partial charge in [0.1, 0.15) is 5.69 Å². The number of rotatable bonds is 4. The lowest BCUT2D eigenvalue weighted by atomic mass is 10.4. The highest BCUT2D eigenvalue weighted by Gasteiger charge is 2.16. The molecule has 0 fully saturated rings. The van der Waals surface area contributed by atoms with E-state index in [-0.39, 0.29) is 0 Å². The molecular formula is C11H10N4OS2. The Labute approximate surface area is 111 Å². The Kier molecular flexibility index (Phi) is 2.85. The number of aldehydes is 1. The summed E-state index contributed by atoms with van der Waals surface area (Å²) in [5.41, 5.74) is 3.37. The first-order valence-corrected chi connectivity index (χ1v) is 7.11. The molecule has 0 aliphatic heterocycles. The van der Waals surface area contributed by atoms with Crippen molar-refractivity contribution in [3.63, 3.8) is 0 Å². The van der Waals surface area contributed by atoms with Gasteiger partial charge < -0.3 is 4.90 Å². The highest BCUT2D eigenvalue weighted by atomic mass is 32.1. The molecule has 92 valence electrons. The van der Waals surface area contributed by atoms with E-state index in [1.165, 1.54) is 11.3 Å². The Morgan fingerprint density at radius 2 is 2.44 bits per heavy atom. The van der Waals surface area contributed by atoms with Crippen LogP contribution in [0.15, 0.2) is 22.5 Å². The number of carbonyl (C=O) groups excluding carboxylic acids is 1. The molecule has 3 aromatic rings. The predicted octanol–water partition coefficient (Wildman–Crippen LogP) is 2.30. The summed E-state index contributed by atoms with van der Waals surface area (Å²) in [6.07, 6.45) is 2.70. The van der Waals surface area contributed by atoms with E-state index in [9.17, 15) is 4.79 Å². The number of anilines is 1. The largest absolute Gasteiger partial charge is 0.352 e. The topological polar surface area (TPSA) is 50.5 Å². The Morgan fingerprint density at radius 3 is 3.17 bits per heavy atom. The van der Waals surface area contributed by atoms with Crippen LogP contribution in [0.5, 0.6) is 0 Å². The molecule has 0 aliphatic carbocycles. The number of aromatic nitrogens is 3. The molecule has 0 saturated heterocycles. The minimum absolute atomic E-state index is 0.587. The summed E-state index contributed by atoms with van der Waals surface area (Å²) < 4.78 is 1.81. The van der Waals surface area contributed by atoms with E-state index < -0.39 is 0 Å². The van der Waals surface area contributed by atoms with Crippen molar-refractivity contribution < 1.29 is 4.79 Å². The molecule has 3 aromatic heterocycles. The van der Waals surface area contributed by atoms with Gasteiger partial charge in [-0.1, -0.05) is 0 Å². The number of hydrogen-bond donors (Lipinski definition) is 0. The van der Waals surface area contributed by atoms with E-state index in [2.05, 4.69) is 9.97 Å². The number of hydrogen-bond acceptors (Lipinski definition) is 6. The van der Waals surface area contributed by atoms with E-state index in [1.807, 2.05) is 33.3 Å². The van der Waals surface area contributed by atoms with Crippen LogP contribution in [0.25, 0.3) is 4.96 Å². The quantitative estimate of drug-likeness (QED) is 0.687. The molecule has 0 spiro atoms. The van der Waals surface area contributed by atoms with Gasteiger partial charge in [0.05, 0.1) is 17.7 Å². The molecule has 0 amide bonds. The average molecular weight is 278 g/mol. The van der Waals surface area contributed by atoms with Gasteiger partial charge >= 0.3 is 0 Å². The molecule has 0 unspecified atom stereocenters. The van der Waals surface area contributed by atoms with Gasteiger partial charge in [0.2, 0.25) is 0 Å². The first-order valence-electron chi connectivity index (χ1n) is 5.28. The molecule has 7 heteroatoms. The summed E-state index contributed by atoms with van der Waals surface area (Å²) in [6.45, 7) is 0.648. The highest BCUT2D eigenvalue weighted by Crippen LogP contribution is 2.23. The molecule has 0 atom stereocenters. The molecule has 0 saturated carbocycles. The van der Waals surface area contributed by atoms with E-state index in [0.29, 0.717) is 18.1 Å². The van der Waals surface area contributed by atoms with Crippen molar-refractivity contribution in [3.05, 3.63) is 33.9 Å². The molecule has 0 radical (unpaired) electrons. The maximum Gasteiger partial charge on any atom is 0.196 e. The van der Waals surface area contributed by atoms with Crippen molar-refractivity contribution in [1.29, 1.82) is 0 Å². The third kappa shape index (κ3) is 1.81. The molecule has 0 bridgehead atoms. The first-order chi connectivity index (χ1) is 8.79. The summed E-state index contributed by atoms with van der Waals surface area (Å²) >= 11 is 3.08. The molecular weight excluding hydrogens is 268 g/mol. The van der Waals surface area contributed by atoms with E-state index >= 15 is 0 Å². The highest BCUT2D eigenvalue weighted by molar-refractivity contribution is 7.15. The SMILES string of the molecule is CN(Cc1cscn1)c1nc2sccn2c1C=O. The van der Waals surface area contributed by atoms with Crippen LogP contribution >= 0.6 is 22.7 Å². The Hall–Kier alpha value is -1.73. The summed E-state index contributed by atoms with van der Waals surface area (Å²) in [6, 6.07) is 0. The zero-order chi connectivity index (χ0) is 12.5. The van der Waals surface area contributed by atoms with Crippen molar-refractivity contribution in [2.24, 2.45) is 0 Å². The number of nitrogens with zero attached hydrogens (tertiary/aromatic N) is 4. The van der Waals surface area contributed by atoms with Crippen molar-refractivity contribution >= 4 is 39.7 Å². The second kappa shape index (κ2) is 4.51. The summed E-state index contributed by atoms with van der Waals surface area (Å²) in [5.74, 6) is 0.699. The Bertz CT molecular complexity index is 670. The van der Waals surface area contributed by atoms with Gasteiger partial charge in [0.25, 0.3) is 0 Å². The van der Waals surface area contributed by atoms with Crippen molar-refractivity contribution in [3.8, 4) is 0 Å². The van der Waals surface area contributed by atoms with Crippen LogP contribution in [0.1, 0.15) is 16.2 Å². The fourth-order valence-electron chi connectivity index (χ4n) is 1.82. The van der Waals surface area contributed by atoms with Gasteiger partial charge in [-0.05, 0) is 0 Å². The standard InChI is InChI=1S/C11H10N4OS2/c1-14(4-8-6-17-7-12-8)10-9(5-16)15-2-3-18-11(15)13-10/h2-3,5-7H,4H2,1H3. The van der Waals surface area contributed by atoms with Gasteiger partial charge in [-0.15, -0.1) is 22.7 Å². The fourth-order valence-corrected chi connectivity index (χ4v) is 3.08. The molecule has 0 N–H and O–H groups in total. The molecule has 0 aromatic carbocycles. The maximum atomic E-state index is 11.2. The lowest BCUT2D eigenvalue weighted by Crippen LogP contribution is -2.18. The number of thiazole rings is 2. The van der Waals surface area contributed by atoms with Crippen molar-refractivity contribution in [2.45, 2.75) is 6.54 Å². The van der Waals surface area contributed by atoms with Gasteiger partial charge in [0, 0.05) is 24.0 Å². The summed E-state index contributed by atoms with van der Waals surface area (Å²) in [7, 11) is 1.92. The fraction of sp³-hybridized carbons (Fsp3) is 0.182. The summed E-state index contributed by atoms with van der Waals surface area (Å²) in [5, 5.41) is 3.91. The zero-order valence-corrected chi connectivity index (χ0v) is 11.2. The van der Waals surface area contributed by atoms with E-state index in [1.54, 1.807) is 16.8 Å². The third-order valence-electron chi connectivity index (χ3n) is 2.64. The molecule has 5 nitrogen and oxygen atoms in total. The summed E-state index contributed by atoms with van der Waals surface area (Å²) in [4.78, 5) is 22.7. The van der Waals surface area contributed by atoms with Crippen LogP contribution in [0.3, 0.4) is 0 Å². The van der Waals surface area contributed by atoms with Crippen LogP contribution in [0.4, 0.5) is 5.82 Å². The Balaban J connectivity index is 1.97. The Morgan fingerprint density at radius 1 is 1.56 bits per heavy atom. The normalized spacial score (nSPS) is 10.9. The van der Waals surface area contributed by atoms with Gasteiger partial charge in [-0.3, -0.25) is 9.20 Å². The molecule has 3 rings (SSSR count). The van der Waals surface area contributed by atoms with E-state index in [4.69, 9.17) is 0 Å². The molecule has 0 aliphatic rings. The minimum Gasteiger partial charge on any atom is -0.352 e. The van der Waals surface area contributed by atoms with Crippen LogP contribution in [0.2, 0.25) is 0 Å². The van der Waals surface area contributed by atoms with E-state index in [0.717, 1.165) is 16.9 Å². The molecule has 3 heterocycles. The predicted molar refractivity (Wildman–Crippen MR) is 72.7 cm³/mol. The van der Waals surface area contributed by atoms with Gasteiger partial charge in [-0.25, -0.2) is 9.97 Å². The average Bonchev–Trinajstić information content (AvgIpc) is 3.03. The molecule has 18 heavy (non-hydrogen) atoms. The van der Waals surface area contributed by atoms with Crippen molar-refractivity contribution in [2.75, 3.05) is 11.9 Å². The zero-order valence-electron chi connectivity index (χ0n) is 9.61. The smallest absolute Gasteiger partial charge is 0.196 e. The number of fused-ring (bicyclic) bond motifs is 1. The van der Waals surface area contributed by atoms with Gasteiger partial charge in [0.15, 0.2) is 17.1 Å². The first kappa shape index (κ1) is 11.4. The second-order valence-corrected chi connectivity index (χ2v) is 5.42. The van der Waals surface area contributed by atoms with Crippen molar-refractivity contribution in [1.82, 2.24) is 14.4 Å². The monoisotopic (exact) mass is 278 g/mol.